The van der Waals surface area contributed by atoms with Gasteiger partial charge in [-0.3, -0.25) is 0 Å². The first-order valence-corrected chi connectivity index (χ1v) is 6.98. The van der Waals surface area contributed by atoms with Crippen molar-refractivity contribution < 1.29 is 0 Å². The molecule has 0 amide bonds. The van der Waals surface area contributed by atoms with E-state index in [2.05, 4.69) is 43.7 Å². The van der Waals surface area contributed by atoms with Crippen LogP contribution in [0.2, 0.25) is 0 Å². The molecule has 2 heterocycles. The zero-order chi connectivity index (χ0) is 9.97. The van der Waals surface area contributed by atoms with Crippen molar-refractivity contribution in [3.8, 4) is 11.8 Å². The first-order valence-electron chi connectivity index (χ1n) is 3.77. The van der Waals surface area contributed by atoms with E-state index in [4.69, 9.17) is 0 Å². The van der Waals surface area contributed by atoms with Gasteiger partial charge in [0.25, 0.3) is 0 Å². The molecule has 0 aliphatic rings. The third kappa shape index (κ3) is 2.71. The maximum Gasteiger partial charge on any atom is 0.0784 e. The summed E-state index contributed by atoms with van der Waals surface area (Å²) in [4.78, 5) is 2.17. The smallest absolute Gasteiger partial charge is 0.0784 e. The summed E-state index contributed by atoms with van der Waals surface area (Å²) >= 11 is 10.1. The summed E-state index contributed by atoms with van der Waals surface area (Å²) in [5, 5.41) is 0. The van der Waals surface area contributed by atoms with Gasteiger partial charge < -0.3 is 0 Å². The fraction of sp³-hybridized carbons (Fsp3) is 0. The Balaban J connectivity index is 2.22. The Morgan fingerprint density at radius 2 is 1.21 bits per heavy atom. The van der Waals surface area contributed by atoms with Gasteiger partial charge in [-0.15, -0.1) is 22.7 Å². The van der Waals surface area contributed by atoms with Crippen LogP contribution in [0.25, 0.3) is 0 Å². The number of thiophene rings is 2. The Hall–Kier alpha value is -0.0800. The third-order valence-corrected chi connectivity index (χ3v) is 4.53. The van der Waals surface area contributed by atoms with Gasteiger partial charge in [0.05, 0.1) is 17.3 Å². The van der Waals surface area contributed by atoms with Crippen LogP contribution in [0, 0.1) is 11.8 Å². The standard InChI is InChI=1S/C10H4Br2S2/c11-9-5-3-7(13-9)1-2-8-4-6-10(12)14-8/h3-6H. The van der Waals surface area contributed by atoms with E-state index in [1.807, 2.05) is 24.3 Å². The van der Waals surface area contributed by atoms with Gasteiger partial charge >= 0.3 is 0 Å². The average molecular weight is 348 g/mol. The lowest BCUT2D eigenvalue weighted by Gasteiger charge is -1.77. The van der Waals surface area contributed by atoms with E-state index in [0.717, 1.165) is 17.3 Å². The normalized spacial score (nSPS) is 9.57. The lowest BCUT2D eigenvalue weighted by Crippen LogP contribution is -1.61. The van der Waals surface area contributed by atoms with Gasteiger partial charge in [0, 0.05) is 0 Å². The van der Waals surface area contributed by atoms with Crippen LogP contribution in [0.5, 0.6) is 0 Å². The molecule has 0 saturated heterocycles. The molecule has 2 aromatic heterocycles. The third-order valence-electron chi connectivity index (χ3n) is 1.46. The SMILES string of the molecule is Brc1ccc(C#Cc2ccc(Br)s2)s1. The van der Waals surface area contributed by atoms with Gasteiger partial charge in [-0.25, -0.2) is 0 Å². The van der Waals surface area contributed by atoms with E-state index in [0.29, 0.717) is 0 Å². The second kappa shape index (κ2) is 4.63. The van der Waals surface area contributed by atoms with Crippen molar-refractivity contribution in [1.29, 1.82) is 0 Å². The van der Waals surface area contributed by atoms with E-state index in [1.165, 1.54) is 0 Å². The van der Waals surface area contributed by atoms with Crippen LogP contribution >= 0.6 is 54.5 Å². The topological polar surface area (TPSA) is 0 Å². The van der Waals surface area contributed by atoms with E-state index < -0.39 is 0 Å². The molecule has 2 aromatic rings. The highest BCUT2D eigenvalue weighted by atomic mass is 79.9. The van der Waals surface area contributed by atoms with E-state index >= 15 is 0 Å². The van der Waals surface area contributed by atoms with Gasteiger partial charge in [0.2, 0.25) is 0 Å². The molecule has 0 spiro atoms. The molecule has 0 saturated carbocycles. The van der Waals surface area contributed by atoms with Crippen LogP contribution < -0.4 is 0 Å². The highest BCUT2D eigenvalue weighted by molar-refractivity contribution is 9.11. The van der Waals surface area contributed by atoms with Crippen molar-refractivity contribution in [2.24, 2.45) is 0 Å². The van der Waals surface area contributed by atoms with Crippen molar-refractivity contribution in [1.82, 2.24) is 0 Å². The Kier molecular flexibility index (Phi) is 3.45. The summed E-state index contributed by atoms with van der Waals surface area (Å²) in [7, 11) is 0. The van der Waals surface area contributed by atoms with Gasteiger partial charge in [0.15, 0.2) is 0 Å². The van der Waals surface area contributed by atoms with E-state index in [-0.39, 0.29) is 0 Å². The van der Waals surface area contributed by atoms with Crippen molar-refractivity contribution in [3.63, 3.8) is 0 Å². The highest BCUT2D eigenvalue weighted by Crippen LogP contribution is 2.23. The number of halogens is 2. The Bertz CT molecular complexity index is 455. The molecule has 0 radical (unpaired) electrons. The summed E-state index contributed by atoms with van der Waals surface area (Å²) in [6.07, 6.45) is 0. The molecule has 14 heavy (non-hydrogen) atoms. The van der Waals surface area contributed by atoms with Crippen LogP contribution in [0.15, 0.2) is 31.8 Å². The van der Waals surface area contributed by atoms with Crippen LogP contribution in [0.1, 0.15) is 9.75 Å². The summed E-state index contributed by atoms with van der Waals surface area (Å²) in [6, 6.07) is 8.06. The largest absolute Gasteiger partial charge is 0.120 e. The zero-order valence-electron chi connectivity index (χ0n) is 6.88. The Labute approximate surface area is 107 Å². The molecule has 0 aliphatic carbocycles. The molecule has 0 aliphatic heterocycles. The van der Waals surface area contributed by atoms with Crippen molar-refractivity contribution in [2.75, 3.05) is 0 Å². The second-order valence-electron chi connectivity index (χ2n) is 2.46. The van der Waals surface area contributed by atoms with Crippen LogP contribution in [-0.4, -0.2) is 0 Å². The maximum atomic E-state index is 3.41. The monoisotopic (exact) mass is 346 g/mol. The fourth-order valence-electron chi connectivity index (χ4n) is 0.886. The van der Waals surface area contributed by atoms with E-state index in [1.54, 1.807) is 22.7 Å². The zero-order valence-corrected chi connectivity index (χ0v) is 11.7. The average Bonchev–Trinajstić information content (AvgIpc) is 2.72. The fourth-order valence-corrected chi connectivity index (χ4v) is 3.37. The predicted octanol–water partition coefficient (Wildman–Crippen LogP) is 4.73. The van der Waals surface area contributed by atoms with Gasteiger partial charge in [-0.1, -0.05) is 0 Å². The molecule has 0 unspecified atom stereocenters. The summed E-state index contributed by atoms with van der Waals surface area (Å²) < 4.78 is 2.24. The highest BCUT2D eigenvalue weighted by Gasteiger charge is 1.94. The lowest BCUT2D eigenvalue weighted by atomic mass is 10.4. The summed E-state index contributed by atoms with van der Waals surface area (Å²) in [6.45, 7) is 0. The molecule has 2 rings (SSSR count). The van der Waals surface area contributed by atoms with E-state index in [9.17, 15) is 0 Å². The maximum absolute atomic E-state index is 3.41. The van der Waals surface area contributed by atoms with Crippen LogP contribution in [0.3, 0.4) is 0 Å². The summed E-state index contributed by atoms with van der Waals surface area (Å²) in [5.74, 6) is 6.25. The number of hydrogen-bond donors (Lipinski definition) is 0. The molecule has 0 fully saturated rings. The summed E-state index contributed by atoms with van der Waals surface area (Å²) in [5.41, 5.74) is 0. The quantitative estimate of drug-likeness (QED) is 0.604. The van der Waals surface area contributed by atoms with Gasteiger partial charge in [0.1, 0.15) is 0 Å². The second-order valence-corrected chi connectivity index (χ2v) is 7.38. The van der Waals surface area contributed by atoms with Crippen molar-refractivity contribution in [2.45, 2.75) is 0 Å². The van der Waals surface area contributed by atoms with Crippen molar-refractivity contribution >= 4 is 54.5 Å². The first kappa shape index (κ1) is 10.4. The molecule has 0 bridgehead atoms. The minimum Gasteiger partial charge on any atom is -0.120 e. The molecule has 0 atom stereocenters. The van der Waals surface area contributed by atoms with Crippen LogP contribution in [0.4, 0.5) is 0 Å². The molecular weight excluding hydrogens is 344 g/mol. The Morgan fingerprint density at radius 3 is 1.50 bits per heavy atom. The van der Waals surface area contributed by atoms with Crippen molar-refractivity contribution in [3.05, 3.63) is 41.6 Å². The molecular formula is C10H4Br2S2. The molecule has 0 aromatic carbocycles. The molecule has 70 valence electrons. The Morgan fingerprint density at radius 1 is 0.786 bits per heavy atom. The lowest BCUT2D eigenvalue weighted by molar-refractivity contribution is 1.88. The first-order chi connectivity index (χ1) is 6.74. The van der Waals surface area contributed by atoms with Crippen LogP contribution in [-0.2, 0) is 0 Å². The molecule has 4 heteroatoms. The van der Waals surface area contributed by atoms with Gasteiger partial charge in [-0.05, 0) is 68.0 Å². The number of hydrogen-bond acceptors (Lipinski definition) is 2. The minimum atomic E-state index is 1.08. The molecule has 0 nitrogen and oxygen atoms in total. The predicted molar refractivity (Wildman–Crippen MR) is 70.0 cm³/mol. The minimum absolute atomic E-state index is 1.08. The molecule has 0 N–H and O–H groups in total. The van der Waals surface area contributed by atoms with Gasteiger partial charge in [-0.2, -0.15) is 0 Å². The number of rotatable bonds is 0.